The number of nitrogens with one attached hydrogen (secondary N) is 3. The van der Waals surface area contributed by atoms with Crippen molar-refractivity contribution in [1.29, 1.82) is 0 Å². The lowest BCUT2D eigenvalue weighted by Gasteiger charge is -2.34. The van der Waals surface area contributed by atoms with Crippen molar-refractivity contribution < 1.29 is 18.0 Å². The third kappa shape index (κ3) is 5.22. The first-order valence-electron chi connectivity index (χ1n) is 9.16. The van der Waals surface area contributed by atoms with Crippen molar-refractivity contribution >= 4 is 34.2 Å². The van der Waals surface area contributed by atoms with Gasteiger partial charge in [0.2, 0.25) is 15.9 Å². The van der Waals surface area contributed by atoms with Crippen molar-refractivity contribution in [2.75, 3.05) is 39.3 Å². The van der Waals surface area contributed by atoms with E-state index in [9.17, 15) is 18.0 Å². The number of halogens is 1. The maximum atomic E-state index is 12.8. The van der Waals surface area contributed by atoms with Crippen molar-refractivity contribution in [3.63, 3.8) is 0 Å². The van der Waals surface area contributed by atoms with Gasteiger partial charge in [-0.3, -0.25) is 9.59 Å². The summed E-state index contributed by atoms with van der Waals surface area (Å²) in [5, 5.41) is 8.84. The Balaban J connectivity index is 0.00000280. The molecule has 2 heterocycles. The van der Waals surface area contributed by atoms with E-state index in [1.165, 1.54) is 12.1 Å². The molecule has 28 heavy (non-hydrogen) atoms. The molecule has 2 fully saturated rings. The maximum Gasteiger partial charge on any atom is 0.251 e. The van der Waals surface area contributed by atoms with Crippen LogP contribution < -0.4 is 16.0 Å². The highest BCUT2D eigenvalue weighted by molar-refractivity contribution is 7.89. The van der Waals surface area contributed by atoms with Crippen LogP contribution in [0.1, 0.15) is 30.1 Å². The van der Waals surface area contributed by atoms with E-state index in [1.54, 1.807) is 12.1 Å². The van der Waals surface area contributed by atoms with Crippen molar-refractivity contribution in [3.05, 3.63) is 29.8 Å². The van der Waals surface area contributed by atoms with Gasteiger partial charge < -0.3 is 16.0 Å². The van der Waals surface area contributed by atoms with Gasteiger partial charge in [-0.05, 0) is 49.5 Å². The van der Waals surface area contributed by atoms with Crippen LogP contribution >= 0.6 is 12.4 Å². The molecule has 0 spiro atoms. The zero-order valence-electron chi connectivity index (χ0n) is 15.9. The molecular formula is C18H27ClN4O4S. The average Bonchev–Trinajstić information content (AvgIpc) is 2.67. The Kier molecular flexibility index (Phi) is 7.44. The Labute approximate surface area is 171 Å². The van der Waals surface area contributed by atoms with E-state index >= 15 is 0 Å². The van der Waals surface area contributed by atoms with Gasteiger partial charge in [-0.15, -0.1) is 12.4 Å². The smallest absolute Gasteiger partial charge is 0.251 e. The van der Waals surface area contributed by atoms with Crippen molar-refractivity contribution in [2.24, 2.45) is 5.41 Å². The standard InChI is InChI=1S/C18H26N4O4S.ClH/c1-18(5-7-19-8-6-18)13-21-17(24)14-3-2-4-15(11-14)27(25,26)22-10-9-20-16(23)12-22;/h2-4,11,19H,5-10,12-13H2,1H3,(H,20,23)(H,21,24);1H. The largest absolute Gasteiger partial charge is 0.354 e. The minimum Gasteiger partial charge on any atom is -0.354 e. The number of hydrogen-bond acceptors (Lipinski definition) is 5. The van der Waals surface area contributed by atoms with Gasteiger partial charge in [0.05, 0.1) is 11.4 Å². The van der Waals surface area contributed by atoms with Crippen LogP contribution in [0.15, 0.2) is 29.2 Å². The number of carbonyl (C=O) groups excluding carboxylic acids is 2. The zero-order valence-corrected chi connectivity index (χ0v) is 17.5. The molecule has 0 radical (unpaired) electrons. The van der Waals surface area contributed by atoms with Crippen LogP contribution in [0.5, 0.6) is 0 Å². The van der Waals surface area contributed by atoms with Gasteiger partial charge in [0, 0.05) is 25.2 Å². The molecule has 3 N–H and O–H groups in total. The summed E-state index contributed by atoms with van der Waals surface area (Å²) < 4.78 is 26.7. The predicted molar refractivity (Wildman–Crippen MR) is 108 cm³/mol. The molecular weight excluding hydrogens is 404 g/mol. The number of hydrogen-bond donors (Lipinski definition) is 3. The molecule has 0 aromatic heterocycles. The summed E-state index contributed by atoms with van der Waals surface area (Å²) in [6.45, 7) is 4.87. The van der Waals surface area contributed by atoms with E-state index in [4.69, 9.17) is 0 Å². The molecule has 0 saturated carbocycles. The third-order valence-corrected chi connectivity index (χ3v) is 7.06. The van der Waals surface area contributed by atoms with Gasteiger partial charge in [0.1, 0.15) is 0 Å². The molecule has 1 aromatic carbocycles. The molecule has 0 unspecified atom stereocenters. The van der Waals surface area contributed by atoms with E-state index in [0.717, 1.165) is 30.2 Å². The van der Waals surface area contributed by atoms with Crippen LogP contribution in [0.3, 0.4) is 0 Å². The van der Waals surface area contributed by atoms with E-state index in [1.807, 2.05) is 0 Å². The number of rotatable bonds is 5. The quantitative estimate of drug-likeness (QED) is 0.624. The molecule has 8 nitrogen and oxygen atoms in total. The lowest BCUT2D eigenvalue weighted by atomic mass is 9.81. The van der Waals surface area contributed by atoms with Crippen LogP contribution in [0.4, 0.5) is 0 Å². The van der Waals surface area contributed by atoms with E-state index in [0.29, 0.717) is 12.1 Å². The summed E-state index contributed by atoms with van der Waals surface area (Å²) >= 11 is 0. The molecule has 0 aliphatic carbocycles. The second kappa shape index (κ2) is 9.21. The second-order valence-corrected chi connectivity index (χ2v) is 9.40. The van der Waals surface area contributed by atoms with Crippen LogP contribution in [0.25, 0.3) is 0 Å². The first kappa shape index (κ1) is 22.6. The van der Waals surface area contributed by atoms with E-state index in [-0.39, 0.29) is 54.2 Å². The topological polar surface area (TPSA) is 108 Å². The van der Waals surface area contributed by atoms with Crippen molar-refractivity contribution in [3.8, 4) is 0 Å². The summed E-state index contributed by atoms with van der Waals surface area (Å²) in [7, 11) is -3.81. The number of nitrogens with zero attached hydrogens (tertiary/aromatic N) is 1. The summed E-state index contributed by atoms with van der Waals surface area (Å²) in [5.41, 5.74) is 0.348. The van der Waals surface area contributed by atoms with Gasteiger partial charge in [0.25, 0.3) is 5.91 Å². The van der Waals surface area contributed by atoms with Crippen molar-refractivity contribution in [1.82, 2.24) is 20.3 Å². The first-order chi connectivity index (χ1) is 12.8. The number of carbonyl (C=O) groups is 2. The average molecular weight is 431 g/mol. The van der Waals surface area contributed by atoms with Gasteiger partial charge in [-0.25, -0.2) is 8.42 Å². The van der Waals surface area contributed by atoms with E-state index < -0.39 is 10.0 Å². The Morgan fingerprint density at radius 2 is 1.96 bits per heavy atom. The molecule has 2 aliphatic heterocycles. The fourth-order valence-corrected chi connectivity index (χ4v) is 4.81. The van der Waals surface area contributed by atoms with E-state index in [2.05, 4.69) is 22.9 Å². The highest BCUT2D eigenvalue weighted by Gasteiger charge is 2.30. The van der Waals surface area contributed by atoms with Gasteiger partial charge in [-0.1, -0.05) is 13.0 Å². The fourth-order valence-electron chi connectivity index (χ4n) is 3.37. The maximum absolute atomic E-state index is 12.8. The summed E-state index contributed by atoms with van der Waals surface area (Å²) in [6.07, 6.45) is 1.97. The summed E-state index contributed by atoms with van der Waals surface area (Å²) in [5.74, 6) is -0.614. The molecule has 2 aliphatic rings. The lowest BCUT2D eigenvalue weighted by Crippen LogP contribution is -2.49. The van der Waals surface area contributed by atoms with Gasteiger partial charge in [0.15, 0.2) is 0 Å². The molecule has 1 aromatic rings. The SMILES string of the molecule is CC1(CNC(=O)c2cccc(S(=O)(=O)N3CCNC(=O)C3)c2)CCNCC1.Cl. The minimum atomic E-state index is -3.81. The van der Waals surface area contributed by atoms with Gasteiger partial charge >= 0.3 is 0 Å². The minimum absolute atomic E-state index is 0. The Bertz CT molecular complexity index is 825. The number of sulfonamides is 1. The van der Waals surface area contributed by atoms with Gasteiger partial charge in [-0.2, -0.15) is 4.31 Å². The fraction of sp³-hybridized carbons (Fsp3) is 0.556. The Hall–Kier alpha value is -1.68. The first-order valence-corrected chi connectivity index (χ1v) is 10.6. The van der Waals surface area contributed by atoms with Crippen LogP contribution in [-0.2, 0) is 14.8 Å². The molecule has 0 bridgehead atoms. The zero-order chi connectivity index (χ0) is 19.5. The summed E-state index contributed by atoms with van der Waals surface area (Å²) in [4.78, 5) is 24.1. The normalized spacial score (nSPS) is 20.0. The van der Waals surface area contributed by atoms with Crippen LogP contribution in [-0.4, -0.2) is 63.8 Å². The Morgan fingerprint density at radius 1 is 1.25 bits per heavy atom. The molecule has 0 atom stereocenters. The second-order valence-electron chi connectivity index (χ2n) is 7.46. The molecule has 3 rings (SSSR count). The van der Waals surface area contributed by atoms with Crippen LogP contribution in [0.2, 0.25) is 0 Å². The van der Waals surface area contributed by atoms with Crippen molar-refractivity contribution in [2.45, 2.75) is 24.7 Å². The third-order valence-electron chi connectivity index (χ3n) is 5.22. The highest BCUT2D eigenvalue weighted by atomic mass is 35.5. The van der Waals surface area contributed by atoms with Crippen LogP contribution in [0, 0.1) is 5.41 Å². The monoisotopic (exact) mass is 430 g/mol. The number of benzene rings is 1. The predicted octanol–water partition coefficient (Wildman–Crippen LogP) is 0.348. The number of amides is 2. The molecule has 2 amide bonds. The highest BCUT2D eigenvalue weighted by Crippen LogP contribution is 2.27. The number of piperazine rings is 1. The molecule has 156 valence electrons. The Morgan fingerprint density at radius 3 is 2.64 bits per heavy atom. The molecule has 2 saturated heterocycles. The lowest BCUT2D eigenvalue weighted by molar-refractivity contribution is -0.122. The summed E-state index contributed by atoms with van der Waals surface area (Å²) in [6, 6.07) is 5.98. The molecule has 10 heteroatoms. The number of piperidine rings is 1.